The molecular weight excluding hydrogens is 322 g/mol. The fourth-order valence-corrected chi connectivity index (χ4v) is 5.39. The summed E-state index contributed by atoms with van der Waals surface area (Å²) in [6, 6.07) is 7.66. The maximum absolute atomic E-state index is 12.0. The highest BCUT2D eigenvalue weighted by atomic mass is 32.2. The number of para-hydroxylation sites is 2. The van der Waals surface area contributed by atoms with Crippen molar-refractivity contribution in [2.75, 3.05) is 17.3 Å². The number of aromatic nitrogens is 2. The molecule has 1 amide bonds. The van der Waals surface area contributed by atoms with Gasteiger partial charge in [0.05, 0.1) is 33.8 Å². The van der Waals surface area contributed by atoms with Crippen LogP contribution < -0.4 is 5.32 Å². The minimum absolute atomic E-state index is 0.0149. The predicted molar refractivity (Wildman–Crippen MR) is 86.6 cm³/mol. The Morgan fingerprint density at radius 1 is 1.45 bits per heavy atom. The lowest BCUT2D eigenvalue weighted by Gasteiger charge is -2.23. The lowest BCUT2D eigenvalue weighted by molar-refractivity contribution is -0.120. The van der Waals surface area contributed by atoms with Crippen molar-refractivity contribution < 1.29 is 13.2 Å². The first-order chi connectivity index (χ1) is 10.4. The van der Waals surface area contributed by atoms with Crippen LogP contribution in [0.5, 0.6) is 0 Å². The minimum Gasteiger partial charge on any atom is -0.349 e. The lowest BCUT2D eigenvalue weighted by atomic mass is 10.0. The van der Waals surface area contributed by atoms with E-state index in [4.69, 9.17) is 0 Å². The molecule has 1 aromatic carbocycles. The van der Waals surface area contributed by atoms with Crippen LogP contribution in [-0.4, -0.2) is 47.1 Å². The highest BCUT2D eigenvalue weighted by Gasteiger charge is 2.39. The van der Waals surface area contributed by atoms with Crippen LogP contribution in [0.4, 0.5) is 0 Å². The minimum atomic E-state index is -3.02. The van der Waals surface area contributed by atoms with E-state index >= 15 is 0 Å². The number of rotatable bonds is 4. The second-order valence-electron chi connectivity index (χ2n) is 5.80. The lowest BCUT2D eigenvalue weighted by Crippen LogP contribution is -2.47. The smallest absolute Gasteiger partial charge is 0.230 e. The number of nitrogens with one attached hydrogen (secondary N) is 2. The standard InChI is InChI=1S/C14H17N3O3S2/c1-14(6-7-22(19,20)9-14)17-12(18)8-21-13-15-10-4-2-3-5-11(10)16-13/h2-5H,6-9H2,1H3,(H,15,16)(H,17,18). The first-order valence-electron chi connectivity index (χ1n) is 6.94. The molecule has 1 aromatic heterocycles. The Balaban J connectivity index is 1.58. The third-order valence-electron chi connectivity index (χ3n) is 3.65. The number of benzene rings is 1. The zero-order valence-electron chi connectivity index (χ0n) is 12.1. The van der Waals surface area contributed by atoms with E-state index in [1.807, 2.05) is 24.3 Å². The molecule has 22 heavy (non-hydrogen) atoms. The van der Waals surface area contributed by atoms with Gasteiger partial charge in [0, 0.05) is 0 Å². The molecule has 1 unspecified atom stereocenters. The fraction of sp³-hybridized carbons (Fsp3) is 0.429. The molecule has 6 nitrogen and oxygen atoms in total. The molecule has 0 aliphatic carbocycles. The van der Waals surface area contributed by atoms with E-state index in [1.165, 1.54) is 11.8 Å². The number of fused-ring (bicyclic) bond motifs is 1. The van der Waals surface area contributed by atoms with Crippen molar-refractivity contribution >= 4 is 38.5 Å². The zero-order chi connectivity index (χ0) is 15.8. The zero-order valence-corrected chi connectivity index (χ0v) is 13.8. The number of imidazole rings is 1. The maximum atomic E-state index is 12.0. The average molecular weight is 339 g/mol. The molecule has 2 N–H and O–H groups in total. The summed E-state index contributed by atoms with van der Waals surface area (Å²) >= 11 is 1.31. The molecule has 0 saturated carbocycles. The van der Waals surface area contributed by atoms with Crippen LogP contribution in [0.3, 0.4) is 0 Å². The second-order valence-corrected chi connectivity index (χ2v) is 8.95. The van der Waals surface area contributed by atoms with Gasteiger partial charge in [-0.05, 0) is 25.5 Å². The Labute approximate surface area is 133 Å². The van der Waals surface area contributed by atoms with Crippen molar-refractivity contribution in [3.8, 4) is 0 Å². The number of amides is 1. The van der Waals surface area contributed by atoms with Crippen LogP contribution >= 0.6 is 11.8 Å². The van der Waals surface area contributed by atoms with E-state index in [1.54, 1.807) is 6.92 Å². The Morgan fingerprint density at radius 2 is 2.23 bits per heavy atom. The topological polar surface area (TPSA) is 91.9 Å². The van der Waals surface area contributed by atoms with Crippen molar-refractivity contribution in [1.82, 2.24) is 15.3 Å². The molecule has 8 heteroatoms. The first-order valence-corrected chi connectivity index (χ1v) is 9.75. The summed E-state index contributed by atoms with van der Waals surface area (Å²) < 4.78 is 23.1. The predicted octanol–water partition coefficient (Wildman–Crippen LogP) is 1.35. The summed E-state index contributed by atoms with van der Waals surface area (Å²) in [7, 11) is -3.02. The normalized spacial score (nSPS) is 23.7. The molecule has 1 fully saturated rings. The number of hydrogen-bond donors (Lipinski definition) is 2. The second kappa shape index (κ2) is 5.58. The Kier molecular flexibility index (Phi) is 3.90. The monoisotopic (exact) mass is 339 g/mol. The fourth-order valence-electron chi connectivity index (χ4n) is 2.61. The Morgan fingerprint density at radius 3 is 2.91 bits per heavy atom. The Hall–Kier alpha value is -1.54. The van der Waals surface area contributed by atoms with E-state index in [-0.39, 0.29) is 23.2 Å². The molecule has 0 spiro atoms. The molecule has 118 valence electrons. The molecule has 3 rings (SSSR count). The molecule has 0 bridgehead atoms. The van der Waals surface area contributed by atoms with Crippen LogP contribution in [0, 0.1) is 0 Å². The van der Waals surface area contributed by atoms with Gasteiger partial charge >= 0.3 is 0 Å². The van der Waals surface area contributed by atoms with Gasteiger partial charge in [0.1, 0.15) is 0 Å². The summed E-state index contributed by atoms with van der Waals surface area (Å²) in [5.74, 6) is 0.182. The molecule has 1 saturated heterocycles. The number of hydrogen-bond acceptors (Lipinski definition) is 5. The van der Waals surface area contributed by atoms with Crippen LogP contribution in [0.1, 0.15) is 13.3 Å². The number of thioether (sulfide) groups is 1. The van der Waals surface area contributed by atoms with Crippen LogP contribution in [-0.2, 0) is 14.6 Å². The van der Waals surface area contributed by atoms with E-state index in [9.17, 15) is 13.2 Å². The van der Waals surface area contributed by atoms with Crippen molar-refractivity contribution in [2.45, 2.75) is 24.0 Å². The number of aromatic amines is 1. The third-order valence-corrected chi connectivity index (χ3v) is 6.43. The molecule has 1 atom stereocenters. The van der Waals surface area contributed by atoms with Gasteiger partial charge in [-0.3, -0.25) is 4.79 Å². The molecular formula is C14H17N3O3S2. The Bertz CT molecular complexity index is 783. The summed E-state index contributed by atoms with van der Waals surface area (Å²) in [6.45, 7) is 1.78. The number of carbonyl (C=O) groups excluding carboxylic acids is 1. The van der Waals surface area contributed by atoms with Gasteiger partial charge in [-0.25, -0.2) is 13.4 Å². The van der Waals surface area contributed by atoms with Gasteiger partial charge in [-0.15, -0.1) is 0 Å². The van der Waals surface area contributed by atoms with Crippen LogP contribution in [0.25, 0.3) is 11.0 Å². The number of nitrogens with zero attached hydrogens (tertiary/aromatic N) is 1. The molecule has 0 radical (unpaired) electrons. The van der Waals surface area contributed by atoms with E-state index in [0.717, 1.165) is 11.0 Å². The van der Waals surface area contributed by atoms with Crippen molar-refractivity contribution in [2.24, 2.45) is 0 Å². The quantitative estimate of drug-likeness (QED) is 0.820. The summed E-state index contributed by atoms with van der Waals surface area (Å²) in [5.41, 5.74) is 1.14. The number of sulfone groups is 1. The first kappa shape index (κ1) is 15.4. The molecule has 1 aliphatic rings. The SMILES string of the molecule is CC1(NC(=O)CSc2nc3ccccc3[nH]2)CCS(=O)(=O)C1. The van der Waals surface area contributed by atoms with Gasteiger partial charge in [-0.2, -0.15) is 0 Å². The summed E-state index contributed by atoms with van der Waals surface area (Å²) in [5, 5.41) is 3.52. The average Bonchev–Trinajstić information content (AvgIpc) is 2.96. The highest BCUT2D eigenvalue weighted by Crippen LogP contribution is 2.24. The van der Waals surface area contributed by atoms with Gasteiger partial charge < -0.3 is 10.3 Å². The van der Waals surface area contributed by atoms with Crippen LogP contribution in [0.15, 0.2) is 29.4 Å². The highest BCUT2D eigenvalue weighted by molar-refractivity contribution is 7.99. The van der Waals surface area contributed by atoms with E-state index in [2.05, 4.69) is 15.3 Å². The van der Waals surface area contributed by atoms with Gasteiger partial charge in [0.25, 0.3) is 0 Å². The van der Waals surface area contributed by atoms with Gasteiger partial charge in [0.15, 0.2) is 15.0 Å². The summed E-state index contributed by atoms with van der Waals surface area (Å²) in [4.78, 5) is 19.6. The van der Waals surface area contributed by atoms with Gasteiger partial charge in [-0.1, -0.05) is 23.9 Å². The van der Waals surface area contributed by atoms with Crippen molar-refractivity contribution in [3.05, 3.63) is 24.3 Å². The van der Waals surface area contributed by atoms with Crippen LogP contribution in [0.2, 0.25) is 0 Å². The molecule has 1 aliphatic heterocycles. The van der Waals surface area contributed by atoms with Crippen molar-refractivity contribution in [1.29, 1.82) is 0 Å². The maximum Gasteiger partial charge on any atom is 0.230 e. The molecule has 2 heterocycles. The largest absolute Gasteiger partial charge is 0.349 e. The van der Waals surface area contributed by atoms with Crippen molar-refractivity contribution in [3.63, 3.8) is 0 Å². The summed E-state index contributed by atoms with van der Waals surface area (Å²) in [6.07, 6.45) is 0.469. The van der Waals surface area contributed by atoms with Gasteiger partial charge in [0.2, 0.25) is 5.91 Å². The number of H-pyrrole nitrogens is 1. The number of carbonyl (C=O) groups is 1. The third kappa shape index (κ3) is 3.44. The van der Waals surface area contributed by atoms with E-state index < -0.39 is 15.4 Å². The molecule has 2 aromatic rings. The van der Waals surface area contributed by atoms with E-state index in [0.29, 0.717) is 11.6 Å².